The summed E-state index contributed by atoms with van der Waals surface area (Å²) in [6.45, 7) is 7.30. The molecule has 4 heteroatoms. The first-order chi connectivity index (χ1) is 6.25. The molecule has 0 radical (unpaired) electrons. The van der Waals surface area contributed by atoms with Gasteiger partial charge in [0.2, 0.25) is 11.8 Å². The predicted octanol–water partition coefficient (Wildman–Crippen LogP) is 0.876. The van der Waals surface area contributed by atoms with Gasteiger partial charge < -0.3 is 11.5 Å². The number of allylic oxidation sites excluding steroid dienone is 2. The Morgan fingerprint density at radius 2 is 1.00 bits per heavy atom. The molecule has 4 nitrogen and oxygen atoms in total. The van der Waals surface area contributed by atoms with Gasteiger partial charge in [-0.2, -0.15) is 0 Å². The van der Waals surface area contributed by atoms with Gasteiger partial charge in [-0.15, -0.1) is 0 Å². The first-order valence-corrected chi connectivity index (χ1v) is 4.14. The average Bonchev–Trinajstić information content (AvgIpc) is 1.79. The molecule has 0 saturated heterocycles. The lowest BCUT2D eigenvalue weighted by molar-refractivity contribution is -0.114. The summed E-state index contributed by atoms with van der Waals surface area (Å²) >= 11 is 0. The van der Waals surface area contributed by atoms with E-state index in [2.05, 4.69) is 0 Å². The maximum absolute atomic E-state index is 9.96. The van der Waals surface area contributed by atoms with Gasteiger partial charge in [0.05, 0.1) is 0 Å². The van der Waals surface area contributed by atoms with Gasteiger partial charge in [-0.3, -0.25) is 9.59 Å². The molecule has 2 amide bonds. The second-order valence-electron chi connectivity index (χ2n) is 3.25. The van der Waals surface area contributed by atoms with Crippen LogP contribution in [-0.2, 0) is 9.59 Å². The summed E-state index contributed by atoms with van der Waals surface area (Å²) in [6, 6.07) is 0. The number of carbonyl (C=O) groups excluding carboxylic acids is 2. The van der Waals surface area contributed by atoms with Crippen LogP contribution in [0.3, 0.4) is 0 Å². The third-order valence-corrected chi connectivity index (χ3v) is 0.862. The van der Waals surface area contributed by atoms with Crippen molar-refractivity contribution in [1.82, 2.24) is 0 Å². The molecule has 0 bridgehead atoms. The molecule has 0 fully saturated rings. The Hall–Kier alpha value is -1.58. The largest absolute Gasteiger partial charge is 0.366 e. The molecule has 80 valence electrons. The SMILES string of the molecule is CC(C)=CC(N)=O.CC(C)=CC(N)=O. The van der Waals surface area contributed by atoms with Gasteiger partial charge in [-0.25, -0.2) is 0 Å². The summed E-state index contributed by atoms with van der Waals surface area (Å²) in [5.41, 5.74) is 11.4. The van der Waals surface area contributed by atoms with Gasteiger partial charge in [0, 0.05) is 12.2 Å². The normalized spacial score (nSPS) is 7.71. The summed E-state index contributed by atoms with van der Waals surface area (Å²) in [5, 5.41) is 0. The Kier molecular flexibility index (Phi) is 8.57. The molecule has 0 aromatic rings. The summed E-state index contributed by atoms with van der Waals surface area (Å²) in [4.78, 5) is 19.9. The van der Waals surface area contributed by atoms with Crippen molar-refractivity contribution in [3.05, 3.63) is 23.3 Å². The van der Waals surface area contributed by atoms with E-state index < -0.39 is 0 Å². The van der Waals surface area contributed by atoms with Crippen LogP contribution in [0.2, 0.25) is 0 Å². The van der Waals surface area contributed by atoms with E-state index in [1.54, 1.807) is 0 Å². The maximum Gasteiger partial charge on any atom is 0.241 e. The lowest BCUT2D eigenvalue weighted by Crippen LogP contribution is -2.05. The zero-order valence-electron chi connectivity index (χ0n) is 9.13. The van der Waals surface area contributed by atoms with Crippen molar-refractivity contribution in [1.29, 1.82) is 0 Å². The van der Waals surface area contributed by atoms with Crippen LogP contribution in [0.1, 0.15) is 27.7 Å². The van der Waals surface area contributed by atoms with Gasteiger partial charge in [0.15, 0.2) is 0 Å². The van der Waals surface area contributed by atoms with E-state index in [0.717, 1.165) is 11.1 Å². The minimum absolute atomic E-state index is 0.375. The molecule has 0 atom stereocenters. The van der Waals surface area contributed by atoms with Crippen molar-refractivity contribution >= 4 is 11.8 Å². The van der Waals surface area contributed by atoms with E-state index in [4.69, 9.17) is 11.5 Å². The maximum atomic E-state index is 9.96. The molecular formula is C10H18N2O2. The van der Waals surface area contributed by atoms with E-state index in [9.17, 15) is 9.59 Å². The molecule has 0 aromatic heterocycles. The van der Waals surface area contributed by atoms with E-state index in [1.807, 2.05) is 27.7 Å². The molecule has 14 heavy (non-hydrogen) atoms. The van der Waals surface area contributed by atoms with Crippen LogP contribution in [0, 0.1) is 0 Å². The van der Waals surface area contributed by atoms with Crippen molar-refractivity contribution in [3.8, 4) is 0 Å². The van der Waals surface area contributed by atoms with Crippen molar-refractivity contribution in [2.75, 3.05) is 0 Å². The fourth-order valence-electron chi connectivity index (χ4n) is 0.569. The lowest BCUT2D eigenvalue weighted by Gasteiger charge is -1.80. The highest BCUT2D eigenvalue weighted by Gasteiger charge is 1.81. The Morgan fingerprint density at radius 3 is 1.00 bits per heavy atom. The number of hydrogen-bond acceptors (Lipinski definition) is 2. The van der Waals surface area contributed by atoms with Crippen LogP contribution in [0.5, 0.6) is 0 Å². The number of carbonyl (C=O) groups is 2. The van der Waals surface area contributed by atoms with Gasteiger partial charge in [-0.1, -0.05) is 11.1 Å². The molecule has 0 aliphatic carbocycles. The van der Waals surface area contributed by atoms with Crippen molar-refractivity contribution in [2.45, 2.75) is 27.7 Å². The summed E-state index contributed by atoms with van der Waals surface area (Å²) in [7, 11) is 0. The van der Waals surface area contributed by atoms with Crippen LogP contribution in [0.4, 0.5) is 0 Å². The topological polar surface area (TPSA) is 86.2 Å². The fraction of sp³-hybridized carbons (Fsp3) is 0.400. The standard InChI is InChI=1S/2C5H9NO/c2*1-4(2)3-5(6)7/h2*3H,1-2H3,(H2,6,7). The van der Waals surface area contributed by atoms with E-state index in [0.29, 0.717) is 0 Å². The van der Waals surface area contributed by atoms with Crippen LogP contribution >= 0.6 is 0 Å². The van der Waals surface area contributed by atoms with Crippen molar-refractivity contribution in [3.63, 3.8) is 0 Å². The first kappa shape index (κ1) is 14.9. The highest BCUT2D eigenvalue weighted by molar-refractivity contribution is 5.86. The van der Waals surface area contributed by atoms with Crippen molar-refractivity contribution in [2.24, 2.45) is 11.5 Å². The molecule has 0 saturated carbocycles. The quantitative estimate of drug-likeness (QED) is 0.645. The zero-order chi connectivity index (χ0) is 11.7. The number of primary amides is 2. The van der Waals surface area contributed by atoms with Gasteiger partial charge >= 0.3 is 0 Å². The molecule has 0 aromatic carbocycles. The van der Waals surface area contributed by atoms with Gasteiger partial charge in [0.1, 0.15) is 0 Å². The smallest absolute Gasteiger partial charge is 0.241 e. The van der Waals surface area contributed by atoms with Gasteiger partial charge in [-0.05, 0) is 27.7 Å². The first-order valence-electron chi connectivity index (χ1n) is 4.14. The highest BCUT2D eigenvalue weighted by atomic mass is 16.1. The number of amides is 2. The fourth-order valence-corrected chi connectivity index (χ4v) is 0.569. The van der Waals surface area contributed by atoms with Crippen LogP contribution < -0.4 is 11.5 Å². The molecule has 0 heterocycles. The Morgan fingerprint density at radius 1 is 0.786 bits per heavy atom. The van der Waals surface area contributed by atoms with E-state index >= 15 is 0 Å². The van der Waals surface area contributed by atoms with Crippen LogP contribution in [-0.4, -0.2) is 11.8 Å². The molecule has 0 spiro atoms. The zero-order valence-corrected chi connectivity index (χ0v) is 9.13. The summed E-state index contributed by atoms with van der Waals surface area (Å²) in [5.74, 6) is -0.750. The molecule has 0 unspecified atom stereocenters. The number of hydrogen-bond donors (Lipinski definition) is 2. The lowest BCUT2D eigenvalue weighted by atomic mass is 10.3. The predicted molar refractivity (Wildman–Crippen MR) is 57.3 cm³/mol. The molecular weight excluding hydrogens is 180 g/mol. The van der Waals surface area contributed by atoms with Gasteiger partial charge in [0.25, 0.3) is 0 Å². The Labute approximate surface area is 84.7 Å². The summed E-state index contributed by atoms with van der Waals surface area (Å²) < 4.78 is 0. The average molecular weight is 198 g/mol. The summed E-state index contributed by atoms with van der Waals surface area (Å²) in [6.07, 6.45) is 2.78. The monoisotopic (exact) mass is 198 g/mol. The third-order valence-electron chi connectivity index (χ3n) is 0.862. The Balaban J connectivity index is 0. The molecule has 0 aliphatic rings. The molecule has 0 rings (SSSR count). The van der Waals surface area contributed by atoms with Crippen LogP contribution in [0.25, 0.3) is 0 Å². The van der Waals surface area contributed by atoms with E-state index in [1.165, 1.54) is 12.2 Å². The van der Waals surface area contributed by atoms with Crippen molar-refractivity contribution < 1.29 is 9.59 Å². The minimum atomic E-state index is -0.375. The number of nitrogens with two attached hydrogens (primary N) is 2. The highest BCUT2D eigenvalue weighted by Crippen LogP contribution is 1.84. The molecule has 4 N–H and O–H groups in total. The van der Waals surface area contributed by atoms with E-state index in [-0.39, 0.29) is 11.8 Å². The van der Waals surface area contributed by atoms with Crippen LogP contribution in [0.15, 0.2) is 23.3 Å². The number of rotatable bonds is 2. The minimum Gasteiger partial charge on any atom is -0.366 e. The molecule has 0 aliphatic heterocycles. The second kappa shape index (κ2) is 8.04. The Bertz CT molecular complexity index is 229. The second-order valence-corrected chi connectivity index (χ2v) is 3.25. The third kappa shape index (κ3) is 22.4.